The van der Waals surface area contributed by atoms with Crippen LogP contribution in [0.2, 0.25) is 0 Å². The van der Waals surface area contributed by atoms with Gasteiger partial charge in [0.25, 0.3) is 8.53 Å². The maximum Gasteiger partial charge on any atom is 0.351 e. The average molecular weight is 484 g/mol. The normalized spacial score (nSPS) is 27.9. The molecule has 5 atom stereocenters. The van der Waals surface area contributed by atoms with Crippen LogP contribution in [-0.4, -0.2) is 69.5 Å². The zero-order valence-electron chi connectivity index (χ0n) is 19.8. The van der Waals surface area contributed by atoms with Gasteiger partial charge >= 0.3 is 5.69 Å². The number of hydrogen-bond donors (Lipinski definition) is 2. The molecule has 3 N–H and O–H groups in total. The molecule has 12 heteroatoms. The van der Waals surface area contributed by atoms with Crippen LogP contribution in [0.1, 0.15) is 45.9 Å². The molecule has 0 aliphatic carbocycles. The Bertz CT molecular complexity index is 913. The lowest BCUT2D eigenvalue weighted by Crippen LogP contribution is -2.54. The first-order valence-corrected chi connectivity index (χ1v) is 12.2. The largest absolute Gasteiger partial charge is 0.393 e. The molecule has 0 aromatic carbocycles. The molecule has 3 heterocycles. The molecule has 0 saturated carbocycles. The fraction of sp³-hybridized carbons (Fsp3) is 0.762. The van der Waals surface area contributed by atoms with Gasteiger partial charge in [-0.3, -0.25) is 4.57 Å². The van der Waals surface area contributed by atoms with E-state index in [4.69, 9.17) is 29.5 Å². The predicted molar refractivity (Wildman–Crippen MR) is 122 cm³/mol. The number of aliphatic hydroxyl groups excluding tert-OH is 1. The van der Waals surface area contributed by atoms with E-state index in [9.17, 15) is 9.90 Å². The minimum absolute atomic E-state index is 0.113. The Morgan fingerprint density at radius 2 is 2.15 bits per heavy atom. The average Bonchev–Trinajstić information content (AvgIpc) is 2.91. The van der Waals surface area contributed by atoms with Crippen molar-refractivity contribution in [3.05, 3.63) is 22.2 Å². The van der Waals surface area contributed by atoms with Gasteiger partial charge in [0.15, 0.2) is 0 Å². The second-order valence-corrected chi connectivity index (χ2v) is 10.4. The van der Waals surface area contributed by atoms with Gasteiger partial charge in [-0.2, -0.15) is 10.2 Å². The molecule has 33 heavy (non-hydrogen) atoms. The van der Waals surface area contributed by atoms with Crippen molar-refractivity contribution in [2.75, 3.05) is 32.2 Å². The van der Waals surface area contributed by atoms with Gasteiger partial charge < -0.3 is 29.4 Å². The first kappa shape index (κ1) is 26.0. The third kappa shape index (κ3) is 5.23. The van der Waals surface area contributed by atoms with Gasteiger partial charge in [-0.15, -0.1) is 0 Å². The monoisotopic (exact) mass is 483 g/mol. The van der Waals surface area contributed by atoms with Gasteiger partial charge in [0.2, 0.25) is 0 Å². The van der Waals surface area contributed by atoms with E-state index in [0.717, 1.165) is 0 Å². The van der Waals surface area contributed by atoms with E-state index in [-0.39, 0.29) is 56.7 Å². The van der Waals surface area contributed by atoms with E-state index >= 15 is 0 Å². The number of aromatic nitrogens is 2. The van der Waals surface area contributed by atoms with Crippen LogP contribution in [-0.2, 0) is 18.5 Å². The molecule has 0 spiro atoms. The van der Waals surface area contributed by atoms with Crippen molar-refractivity contribution < 1.29 is 23.6 Å². The minimum Gasteiger partial charge on any atom is -0.393 e. The molecule has 2 aliphatic rings. The highest BCUT2D eigenvalue weighted by Gasteiger charge is 2.61. The summed E-state index contributed by atoms with van der Waals surface area (Å²) in [4.78, 5) is 16.5. The van der Waals surface area contributed by atoms with Gasteiger partial charge in [0.05, 0.1) is 44.8 Å². The summed E-state index contributed by atoms with van der Waals surface area (Å²) in [7, 11) is -1.58. The summed E-state index contributed by atoms with van der Waals surface area (Å²) in [5.74, 6) is -0.226. The van der Waals surface area contributed by atoms with Crippen LogP contribution in [0.5, 0.6) is 0 Å². The number of nitrogens with zero attached hydrogens (tertiary/aromatic N) is 4. The first-order valence-electron chi connectivity index (χ1n) is 11.1. The van der Waals surface area contributed by atoms with Crippen LogP contribution in [0.25, 0.3) is 0 Å². The van der Waals surface area contributed by atoms with Gasteiger partial charge in [-0.25, -0.2) is 9.46 Å². The second-order valence-electron chi connectivity index (χ2n) is 8.98. The maximum atomic E-state index is 12.6. The fourth-order valence-electron chi connectivity index (χ4n) is 4.35. The van der Waals surface area contributed by atoms with Gasteiger partial charge in [-0.05, 0) is 34.6 Å². The van der Waals surface area contributed by atoms with Crippen molar-refractivity contribution >= 4 is 14.3 Å². The number of nitrogens with two attached hydrogens (primary N) is 1. The number of aryl methyl sites for hydroxylation is 1. The summed E-state index contributed by atoms with van der Waals surface area (Å²) in [6.07, 6.45) is 0.504. The summed E-state index contributed by atoms with van der Waals surface area (Å²) >= 11 is 0. The zero-order valence-corrected chi connectivity index (χ0v) is 20.7. The summed E-state index contributed by atoms with van der Waals surface area (Å²) in [5, 5.41) is 19.3. The molecule has 1 aromatic rings. The van der Waals surface area contributed by atoms with Gasteiger partial charge in [0, 0.05) is 23.8 Å². The highest BCUT2D eigenvalue weighted by Crippen LogP contribution is 2.55. The lowest BCUT2D eigenvalue weighted by atomic mass is 9.89. The quantitative estimate of drug-likeness (QED) is 0.372. The molecule has 2 aliphatic heterocycles. The van der Waals surface area contributed by atoms with Crippen LogP contribution < -0.4 is 11.4 Å². The van der Waals surface area contributed by atoms with Gasteiger partial charge in [0.1, 0.15) is 23.8 Å². The predicted octanol–water partition coefficient (Wildman–Crippen LogP) is 1.70. The molecule has 11 nitrogen and oxygen atoms in total. The molecule has 1 aromatic heterocycles. The number of hydrogen-bond acceptors (Lipinski definition) is 10. The molecular weight excluding hydrogens is 449 g/mol. The highest BCUT2D eigenvalue weighted by molar-refractivity contribution is 7.44. The first-order chi connectivity index (χ1) is 15.6. The van der Waals surface area contributed by atoms with Crippen molar-refractivity contribution in [2.45, 2.75) is 71.1 Å². The van der Waals surface area contributed by atoms with Crippen LogP contribution in [0, 0.1) is 24.2 Å². The molecule has 2 fully saturated rings. The van der Waals surface area contributed by atoms with E-state index in [0.29, 0.717) is 5.56 Å². The second kappa shape index (κ2) is 10.7. The van der Waals surface area contributed by atoms with E-state index in [1.807, 2.05) is 0 Å². The molecule has 0 radical (unpaired) electrons. The van der Waals surface area contributed by atoms with Crippen LogP contribution in [0.15, 0.2) is 11.0 Å². The molecular formula is C21H34N5O6P. The Hall–Kier alpha value is -1.64. The smallest absolute Gasteiger partial charge is 0.351 e. The van der Waals surface area contributed by atoms with Crippen molar-refractivity contribution in [3.63, 3.8) is 0 Å². The lowest BCUT2D eigenvalue weighted by molar-refractivity contribution is -0.159. The molecule has 2 saturated heterocycles. The number of anilines is 1. The Morgan fingerprint density at radius 3 is 2.76 bits per heavy atom. The third-order valence-electron chi connectivity index (χ3n) is 5.87. The Morgan fingerprint density at radius 1 is 1.45 bits per heavy atom. The maximum absolute atomic E-state index is 12.6. The van der Waals surface area contributed by atoms with Crippen LogP contribution in [0.4, 0.5) is 5.82 Å². The fourth-order valence-corrected chi connectivity index (χ4v) is 6.20. The summed E-state index contributed by atoms with van der Waals surface area (Å²) < 4.78 is 28.2. The molecule has 2 bridgehead atoms. The Balaban J connectivity index is 1.96. The van der Waals surface area contributed by atoms with Crippen molar-refractivity contribution in [3.8, 4) is 6.07 Å². The van der Waals surface area contributed by atoms with E-state index in [1.165, 1.54) is 4.57 Å². The zero-order chi connectivity index (χ0) is 24.3. The summed E-state index contributed by atoms with van der Waals surface area (Å²) in [6, 6.07) is 2.32. The molecule has 184 valence electrons. The number of fused-ring (bicyclic) bond motifs is 2. The summed E-state index contributed by atoms with van der Waals surface area (Å²) in [6.45, 7) is 10.2. The lowest BCUT2D eigenvalue weighted by Gasteiger charge is -2.42. The van der Waals surface area contributed by atoms with E-state index in [2.05, 4.69) is 43.4 Å². The third-order valence-corrected chi connectivity index (χ3v) is 7.98. The number of nitrogen functional groups attached to an aromatic ring is 1. The highest BCUT2D eigenvalue weighted by atomic mass is 31.2. The molecule has 3 unspecified atom stereocenters. The van der Waals surface area contributed by atoms with Gasteiger partial charge in [-0.1, -0.05) is 0 Å². The Labute approximate surface area is 195 Å². The number of rotatable bonds is 10. The Kier molecular flexibility index (Phi) is 8.45. The van der Waals surface area contributed by atoms with Crippen LogP contribution in [0.3, 0.4) is 0 Å². The van der Waals surface area contributed by atoms with E-state index < -0.39 is 32.1 Å². The minimum atomic E-state index is -1.58. The number of ether oxygens (including phenoxy) is 2. The van der Waals surface area contributed by atoms with Crippen molar-refractivity contribution in [1.82, 2.24) is 14.2 Å². The van der Waals surface area contributed by atoms with E-state index in [1.54, 1.807) is 13.1 Å². The number of aliphatic hydroxyl groups is 1. The van der Waals surface area contributed by atoms with Crippen LogP contribution >= 0.6 is 8.53 Å². The number of nitriles is 1. The standard InChI is InChI=1S/C21H34N5O6P/c1-13(2)26(14(3)4)33(30-8-6-7-22)32-17-16-10-29-12-21(17,11-27)31-19(16)25-9-15(5)18(23)24-20(25)28/h9,13-14,16-17,19,27H,6,8,10-12H2,1-5H3,(H2,23,24,28)/t16?,17-,19?,21+,33?/m1/s1. The summed E-state index contributed by atoms with van der Waals surface area (Å²) in [5.41, 5.74) is 4.73. The van der Waals surface area contributed by atoms with Crippen molar-refractivity contribution in [1.29, 1.82) is 5.26 Å². The van der Waals surface area contributed by atoms with Crippen molar-refractivity contribution in [2.24, 2.45) is 5.92 Å². The SMILES string of the molecule is Cc1cn(C2O[C@@]3(CO)COCC2[C@H]3OP(OCCC#N)N(C(C)C)C(C)C)c(=O)nc1N. The molecule has 3 rings (SSSR count). The molecule has 0 amide bonds. The topological polar surface area (TPSA) is 145 Å².